The molecule has 1 unspecified atom stereocenters. The van der Waals surface area contributed by atoms with Crippen molar-refractivity contribution >= 4 is 57.6 Å². The molecule has 1 atom stereocenters. The van der Waals surface area contributed by atoms with Crippen LogP contribution in [-0.2, 0) is 11.2 Å². The van der Waals surface area contributed by atoms with Crippen molar-refractivity contribution in [3.8, 4) is 0 Å². The van der Waals surface area contributed by atoms with E-state index in [-0.39, 0.29) is 50.9 Å². The van der Waals surface area contributed by atoms with E-state index in [1.54, 1.807) is 32.9 Å². The van der Waals surface area contributed by atoms with Crippen LogP contribution in [0.25, 0.3) is 16.4 Å². The van der Waals surface area contributed by atoms with E-state index in [0.717, 1.165) is 33.2 Å². The van der Waals surface area contributed by atoms with Crippen LogP contribution < -0.4 is 43.0 Å². The van der Waals surface area contributed by atoms with Crippen molar-refractivity contribution in [3.63, 3.8) is 0 Å². The molecule has 2 aromatic heterocycles. The molecule has 0 spiro atoms. The molecule has 0 saturated heterocycles. The van der Waals surface area contributed by atoms with Gasteiger partial charge in [-0.25, -0.2) is 34.4 Å². The van der Waals surface area contributed by atoms with Gasteiger partial charge < -0.3 is 49.3 Å². The maximum absolute atomic E-state index is 11.5. The van der Waals surface area contributed by atoms with Gasteiger partial charge in [-0.05, 0) is 50.9 Å². The molecule has 2 N–H and O–H groups in total. The number of benzene rings is 1. The Hall–Kier alpha value is -2.90. The molecular weight excluding hydrogens is 624 g/mol. The Morgan fingerprint density at radius 1 is 1.33 bits per heavy atom. The number of hydrogen-bond donors (Lipinski definition) is 2. The molecule has 0 radical (unpaired) electrons. The number of nitrogens with one attached hydrogen (secondary N) is 1. The van der Waals surface area contributed by atoms with Crippen LogP contribution in [0.5, 0.6) is 0 Å². The van der Waals surface area contributed by atoms with Gasteiger partial charge in [0.1, 0.15) is 17.7 Å². The smallest absolute Gasteiger partial charge is 0.472 e. The minimum absolute atomic E-state index is 0. The zero-order chi connectivity index (χ0) is 32.6. The Labute approximate surface area is 300 Å². The first-order valence-corrected chi connectivity index (χ1v) is 13.9. The van der Waals surface area contributed by atoms with Crippen LogP contribution in [0.15, 0.2) is 57.8 Å². The molecular formula is C32H38BrLi2N7O3-4. The van der Waals surface area contributed by atoms with E-state index in [2.05, 4.69) is 93.9 Å². The summed E-state index contributed by atoms with van der Waals surface area (Å²) >= 11 is 3.35. The summed E-state index contributed by atoms with van der Waals surface area (Å²) in [6.45, 7) is 26.9. The fourth-order valence-corrected chi connectivity index (χ4v) is 3.64. The van der Waals surface area contributed by atoms with Crippen molar-refractivity contribution in [2.45, 2.75) is 45.8 Å². The Kier molecular flexibility index (Phi) is 22.2. The second kappa shape index (κ2) is 22.6. The van der Waals surface area contributed by atoms with Gasteiger partial charge >= 0.3 is 43.8 Å². The molecule has 2 heterocycles. The normalized spacial score (nSPS) is 11.1. The number of ether oxygens (including phenoxy) is 1. The van der Waals surface area contributed by atoms with Crippen molar-refractivity contribution in [1.29, 1.82) is 0 Å². The standard InChI is InChI=1S/C20H16BrN4.C10H19NO3.C2H3N2.2Li/c1-4-14(5-2)9-15-6-7-17(8-13(15)3)25-20-19-18(23-12-24-20)10-16(21)11-22-19;1-6-11(8(2)7-12)9(13)14-10(3,4)5;1-4-2-3;;/h1,4-8,10,12H,2,9H2,3H3,(H,23,24,25);8,12H,1-2,6-7H2,3-5H3;2H,1H2;;/q-3;-2;-1;2*+1/b14-5+;;;;. The van der Waals surface area contributed by atoms with Crippen LogP contribution in [0, 0.1) is 40.5 Å². The third-order valence-corrected chi connectivity index (χ3v) is 5.87. The van der Waals surface area contributed by atoms with Gasteiger partial charge in [-0.1, -0.05) is 50.7 Å². The van der Waals surface area contributed by atoms with E-state index >= 15 is 0 Å². The van der Waals surface area contributed by atoms with Gasteiger partial charge in [-0.2, -0.15) is 0 Å². The van der Waals surface area contributed by atoms with Gasteiger partial charge in [-0.3, -0.25) is 11.6 Å². The summed E-state index contributed by atoms with van der Waals surface area (Å²) in [5, 5.41) is 19.7. The number of amides is 1. The molecule has 1 amide bonds. The summed E-state index contributed by atoms with van der Waals surface area (Å²) in [4.78, 5) is 28.5. The number of carbonyl (C=O) groups is 1. The Morgan fingerprint density at radius 2 is 1.98 bits per heavy atom. The number of aryl methyl sites for hydroxylation is 1. The Bertz CT molecular complexity index is 1410. The number of carbonyl (C=O) groups excluding carboxylic acids is 1. The second-order valence-corrected chi connectivity index (χ2v) is 10.7. The van der Waals surface area contributed by atoms with Crippen molar-refractivity contribution in [3.05, 3.63) is 103 Å². The molecule has 0 aliphatic heterocycles. The van der Waals surface area contributed by atoms with Crippen LogP contribution >= 0.6 is 15.9 Å². The molecule has 13 heteroatoms. The molecule has 0 bridgehead atoms. The van der Waals surface area contributed by atoms with Crippen LogP contribution in [0.1, 0.15) is 31.9 Å². The number of aromatic nitrogens is 3. The van der Waals surface area contributed by atoms with Gasteiger partial charge in [0.25, 0.3) is 0 Å². The molecule has 3 rings (SSSR count). The SMILES string of the molecule is C=NC=[N-].[CH-]=C/C(=C\[CH2-])Cc1ccc(Nc2ncnc3cc(Br)[c-]nc23)cc1C.[CH2-]CN(C(=O)OC(C)(C)C)C([CH2-])CO.[Li+].[Li+]. The minimum Gasteiger partial charge on any atom is -0.472 e. The monoisotopic (exact) mass is 661 g/mol. The first kappa shape index (κ1) is 44.2. The average molecular weight is 662 g/mol. The molecule has 0 aliphatic carbocycles. The maximum Gasteiger partial charge on any atom is 1.00 e. The van der Waals surface area contributed by atoms with Crippen molar-refractivity contribution in [2.75, 3.05) is 18.5 Å². The van der Waals surface area contributed by atoms with E-state index in [1.165, 1.54) is 16.8 Å². The van der Waals surface area contributed by atoms with Crippen molar-refractivity contribution in [2.24, 2.45) is 4.99 Å². The maximum atomic E-state index is 11.5. The zero-order valence-corrected chi connectivity index (χ0v) is 28.6. The zero-order valence-electron chi connectivity index (χ0n) is 27.0. The fourth-order valence-electron chi connectivity index (χ4n) is 3.33. The van der Waals surface area contributed by atoms with E-state index in [9.17, 15) is 4.79 Å². The number of allylic oxidation sites excluding steroid dienone is 3. The predicted octanol–water partition coefficient (Wildman–Crippen LogP) is 0.477. The Morgan fingerprint density at radius 3 is 2.47 bits per heavy atom. The molecule has 0 aliphatic rings. The largest absolute Gasteiger partial charge is 1.00 e. The summed E-state index contributed by atoms with van der Waals surface area (Å²) in [5.41, 5.74) is 5.17. The number of aliphatic hydroxyl groups excluding tert-OH is 1. The summed E-state index contributed by atoms with van der Waals surface area (Å²) in [6.07, 6.45) is 8.65. The fraction of sp³-hybridized carbons (Fsp3) is 0.281. The molecule has 3 aromatic rings. The van der Waals surface area contributed by atoms with E-state index < -0.39 is 17.7 Å². The number of hydrogen-bond acceptors (Lipinski definition) is 7. The molecule has 232 valence electrons. The number of aliphatic hydroxyl groups is 1. The molecule has 0 saturated carbocycles. The molecule has 0 fully saturated rings. The quantitative estimate of drug-likeness (QED) is 0.112. The van der Waals surface area contributed by atoms with Gasteiger partial charge in [0.2, 0.25) is 0 Å². The average Bonchev–Trinajstić information content (AvgIpc) is 2.96. The third kappa shape index (κ3) is 15.8. The minimum atomic E-state index is -0.542. The molecule has 1 aromatic carbocycles. The number of halogens is 1. The number of aliphatic imine (C=N–C) groups is 1. The van der Waals surface area contributed by atoms with Gasteiger partial charge in [0.05, 0.1) is 0 Å². The summed E-state index contributed by atoms with van der Waals surface area (Å²) < 4.78 is 5.87. The van der Waals surface area contributed by atoms with E-state index in [1.807, 2.05) is 12.1 Å². The van der Waals surface area contributed by atoms with E-state index in [4.69, 9.17) is 21.8 Å². The number of fused-ring (bicyclic) bond motifs is 1. The molecule has 10 nitrogen and oxygen atoms in total. The first-order valence-electron chi connectivity index (χ1n) is 13.1. The van der Waals surface area contributed by atoms with Gasteiger partial charge in [-0.15, -0.1) is 25.7 Å². The van der Waals surface area contributed by atoms with Crippen molar-refractivity contribution < 1.29 is 52.4 Å². The number of anilines is 2. The van der Waals surface area contributed by atoms with Crippen LogP contribution in [-0.4, -0.2) is 68.9 Å². The summed E-state index contributed by atoms with van der Waals surface area (Å²) in [6, 6.07) is 7.50. The number of rotatable bonds is 9. The number of nitrogens with zero attached hydrogens (tertiary/aromatic N) is 6. The van der Waals surface area contributed by atoms with Crippen LogP contribution in [0.3, 0.4) is 0 Å². The van der Waals surface area contributed by atoms with E-state index in [0.29, 0.717) is 17.7 Å². The van der Waals surface area contributed by atoms with Crippen LogP contribution in [0.4, 0.5) is 16.3 Å². The van der Waals surface area contributed by atoms with Gasteiger partial charge in [0.15, 0.2) is 0 Å². The number of pyridine rings is 1. The van der Waals surface area contributed by atoms with Crippen molar-refractivity contribution in [1.82, 2.24) is 19.9 Å². The van der Waals surface area contributed by atoms with Gasteiger partial charge in [0, 0.05) is 17.8 Å². The summed E-state index contributed by atoms with van der Waals surface area (Å²) in [5.74, 6) is 0.648. The van der Waals surface area contributed by atoms with Crippen LogP contribution in [0.2, 0.25) is 0 Å². The first-order chi connectivity index (χ1) is 20.3. The second-order valence-electron chi connectivity index (χ2n) is 9.87. The topological polar surface area (TPSA) is 135 Å². The predicted molar refractivity (Wildman–Crippen MR) is 178 cm³/mol. The summed E-state index contributed by atoms with van der Waals surface area (Å²) in [7, 11) is 0. The third-order valence-electron chi connectivity index (χ3n) is 5.47. The Balaban J connectivity index is 0. The molecule has 45 heavy (non-hydrogen) atoms.